The maximum Gasteiger partial charge on any atom is 0.340 e. The lowest BCUT2D eigenvalue weighted by molar-refractivity contribution is -0.140. The molecule has 0 unspecified atom stereocenters. The fraction of sp³-hybridized carbons (Fsp3) is 0.500. The van der Waals surface area contributed by atoms with Gasteiger partial charge < -0.3 is 4.74 Å². The van der Waals surface area contributed by atoms with Crippen LogP contribution in [0.25, 0.3) is 0 Å². The number of aliphatic imine (C=N–C) groups is 1. The van der Waals surface area contributed by atoms with Gasteiger partial charge in [-0.3, -0.25) is 0 Å². The Morgan fingerprint density at radius 2 is 1.84 bits per heavy atom. The molecular weight excluding hydrogens is 238 g/mol. The second-order valence-electron chi connectivity index (χ2n) is 5.56. The summed E-state index contributed by atoms with van der Waals surface area (Å²) < 4.78 is 5.48. The molecule has 1 spiro atoms. The van der Waals surface area contributed by atoms with E-state index >= 15 is 0 Å². The van der Waals surface area contributed by atoms with E-state index in [1.807, 2.05) is 37.3 Å². The number of carbonyl (C=O) groups excluding carboxylic acids is 1. The summed E-state index contributed by atoms with van der Waals surface area (Å²) in [6.45, 7) is 2.04. The van der Waals surface area contributed by atoms with E-state index in [2.05, 4.69) is 4.99 Å². The van der Waals surface area contributed by atoms with E-state index in [1.54, 1.807) is 0 Å². The SMILES string of the molecule is C[C@@H](C1=NC2(CCCCC2)C(=O)O1)c1ccccc1. The molecule has 1 aliphatic heterocycles. The van der Waals surface area contributed by atoms with Crippen LogP contribution in [0.4, 0.5) is 0 Å². The van der Waals surface area contributed by atoms with Crippen LogP contribution in [0.1, 0.15) is 50.5 Å². The molecule has 1 aromatic carbocycles. The molecule has 2 aliphatic rings. The lowest BCUT2D eigenvalue weighted by Gasteiger charge is -2.25. The van der Waals surface area contributed by atoms with Crippen LogP contribution in [0, 0.1) is 0 Å². The van der Waals surface area contributed by atoms with Gasteiger partial charge >= 0.3 is 5.97 Å². The Hall–Kier alpha value is -1.64. The molecule has 19 heavy (non-hydrogen) atoms. The van der Waals surface area contributed by atoms with Gasteiger partial charge in [-0.05, 0) is 25.3 Å². The van der Waals surface area contributed by atoms with E-state index in [1.165, 1.54) is 6.42 Å². The Morgan fingerprint density at radius 3 is 2.53 bits per heavy atom. The average molecular weight is 257 g/mol. The zero-order chi connectivity index (χ0) is 13.3. The van der Waals surface area contributed by atoms with Crippen LogP contribution in [-0.4, -0.2) is 17.4 Å². The maximum atomic E-state index is 12.2. The monoisotopic (exact) mass is 257 g/mol. The largest absolute Gasteiger partial charge is 0.409 e. The Balaban J connectivity index is 1.86. The predicted molar refractivity (Wildman–Crippen MR) is 74.2 cm³/mol. The summed E-state index contributed by atoms with van der Waals surface area (Å²) >= 11 is 0. The third-order valence-electron chi connectivity index (χ3n) is 4.25. The van der Waals surface area contributed by atoms with Crippen LogP contribution < -0.4 is 0 Å². The number of carbonyl (C=O) groups is 1. The van der Waals surface area contributed by atoms with Crippen molar-refractivity contribution < 1.29 is 9.53 Å². The zero-order valence-corrected chi connectivity index (χ0v) is 11.3. The number of hydrogen-bond donors (Lipinski definition) is 0. The van der Waals surface area contributed by atoms with Gasteiger partial charge in [0.05, 0.1) is 5.92 Å². The van der Waals surface area contributed by atoms with Gasteiger partial charge in [0.15, 0.2) is 5.54 Å². The minimum absolute atomic E-state index is 0.0476. The molecule has 0 bridgehead atoms. The zero-order valence-electron chi connectivity index (χ0n) is 11.3. The summed E-state index contributed by atoms with van der Waals surface area (Å²) in [4.78, 5) is 16.8. The van der Waals surface area contributed by atoms with E-state index in [9.17, 15) is 4.79 Å². The van der Waals surface area contributed by atoms with E-state index in [-0.39, 0.29) is 11.9 Å². The minimum Gasteiger partial charge on any atom is -0.409 e. The van der Waals surface area contributed by atoms with Gasteiger partial charge in [-0.2, -0.15) is 0 Å². The van der Waals surface area contributed by atoms with Crippen molar-refractivity contribution in [1.29, 1.82) is 0 Å². The number of rotatable bonds is 2. The highest BCUT2D eigenvalue weighted by Crippen LogP contribution is 2.38. The smallest absolute Gasteiger partial charge is 0.340 e. The summed E-state index contributed by atoms with van der Waals surface area (Å²) in [5, 5.41) is 0. The summed E-state index contributed by atoms with van der Waals surface area (Å²) in [5.74, 6) is 0.509. The van der Waals surface area contributed by atoms with E-state index in [0.717, 1.165) is 31.2 Å². The third-order valence-corrected chi connectivity index (χ3v) is 4.25. The summed E-state index contributed by atoms with van der Waals surface area (Å²) in [7, 11) is 0. The van der Waals surface area contributed by atoms with Crippen molar-refractivity contribution in [3.8, 4) is 0 Å². The van der Waals surface area contributed by atoms with Crippen molar-refractivity contribution >= 4 is 11.9 Å². The first-order valence-electron chi connectivity index (χ1n) is 7.08. The first kappa shape index (κ1) is 12.4. The molecule has 100 valence electrons. The predicted octanol–water partition coefficient (Wildman–Crippen LogP) is 3.45. The van der Waals surface area contributed by atoms with Gasteiger partial charge in [-0.25, -0.2) is 9.79 Å². The van der Waals surface area contributed by atoms with Gasteiger partial charge in [0.25, 0.3) is 0 Å². The van der Waals surface area contributed by atoms with Gasteiger partial charge in [-0.15, -0.1) is 0 Å². The van der Waals surface area contributed by atoms with Crippen LogP contribution in [0.2, 0.25) is 0 Å². The molecule has 1 aliphatic carbocycles. The highest BCUT2D eigenvalue weighted by molar-refractivity contribution is 6.02. The molecule has 0 amide bonds. The number of nitrogens with zero attached hydrogens (tertiary/aromatic N) is 1. The normalized spacial score (nSPS) is 23.0. The van der Waals surface area contributed by atoms with E-state index in [0.29, 0.717) is 5.90 Å². The number of esters is 1. The lowest BCUT2D eigenvalue weighted by atomic mass is 9.82. The first-order chi connectivity index (χ1) is 9.21. The summed E-state index contributed by atoms with van der Waals surface area (Å²) in [6.07, 6.45) is 5.04. The Morgan fingerprint density at radius 1 is 1.16 bits per heavy atom. The maximum absolute atomic E-state index is 12.2. The average Bonchev–Trinajstić information content (AvgIpc) is 2.77. The van der Waals surface area contributed by atoms with Crippen LogP contribution in [0.15, 0.2) is 35.3 Å². The first-order valence-corrected chi connectivity index (χ1v) is 7.08. The molecule has 3 heteroatoms. The van der Waals surface area contributed by atoms with Crippen molar-refractivity contribution in [3.05, 3.63) is 35.9 Å². The van der Waals surface area contributed by atoms with Crippen LogP contribution in [0.5, 0.6) is 0 Å². The third kappa shape index (κ3) is 2.18. The number of ether oxygens (including phenoxy) is 1. The molecule has 0 N–H and O–H groups in total. The molecule has 0 aromatic heterocycles. The molecule has 0 saturated heterocycles. The lowest BCUT2D eigenvalue weighted by Crippen LogP contribution is -2.35. The molecule has 1 fully saturated rings. The van der Waals surface area contributed by atoms with Gasteiger partial charge in [0.1, 0.15) is 0 Å². The van der Waals surface area contributed by atoms with Crippen molar-refractivity contribution in [3.63, 3.8) is 0 Å². The van der Waals surface area contributed by atoms with Crippen molar-refractivity contribution in [2.75, 3.05) is 0 Å². The van der Waals surface area contributed by atoms with Gasteiger partial charge in [0, 0.05) is 0 Å². The Bertz CT molecular complexity index is 501. The molecule has 1 heterocycles. The fourth-order valence-electron chi connectivity index (χ4n) is 2.99. The van der Waals surface area contributed by atoms with Gasteiger partial charge in [-0.1, -0.05) is 49.6 Å². The number of benzene rings is 1. The molecule has 1 atom stereocenters. The topological polar surface area (TPSA) is 38.7 Å². The molecule has 1 aromatic rings. The quantitative estimate of drug-likeness (QED) is 0.761. The van der Waals surface area contributed by atoms with Crippen molar-refractivity contribution in [2.24, 2.45) is 4.99 Å². The van der Waals surface area contributed by atoms with Gasteiger partial charge in [0.2, 0.25) is 5.90 Å². The molecule has 3 rings (SSSR count). The number of hydrogen-bond acceptors (Lipinski definition) is 3. The van der Waals surface area contributed by atoms with Crippen molar-refractivity contribution in [1.82, 2.24) is 0 Å². The molecule has 1 saturated carbocycles. The molecular formula is C16H19NO2. The molecule has 0 radical (unpaired) electrons. The highest BCUT2D eigenvalue weighted by atomic mass is 16.6. The van der Waals surface area contributed by atoms with E-state index < -0.39 is 5.54 Å². The van der Waals surface area contributed by atoms with E-state index in [4.69, 9.17) is 4.74 Å². The molecule has 3 nitrogen and oxygen atoms in total. The fourth-order valence-corrected chi connectivity index (χ4v) is 2.99. The summed E-state index contributed by atoms with van der Waals surface area (Å²) in [6, 6.07) is 10.1. The second kappa shape index (κ2) is 4.80. The Kier molecular flexibility index (Phi) is 3.13. The van der Waals surface area contributed by atoms with Crippen molar-refractivity contribution in [2.45, 2.75) is 50.5 Å². The van der Waals surface area contributed by atoms with Crippen LogP contribution in [0.3, 0.4) is 0 Å². The second-order valence-corrected chi connectivity index (χ2v) is 5.56. The highest BCUT2D eigenvalue weighted by Gasteiger charge is 2.47. The Labute approximate surface area is 113 Å². The standard InChI is InChI=1S/C16H19NO2/c1-12(13-8-4-2-5-9-13)14-17-16(15(18)19-14)10-6-3-7-11-16/h2,4-5,8-9,12H,3,6-7,10-11H2,1H3/t12-/m1/s1. The summed E-state index contributed by atoms with van der Waals surface area (Å²) in [5.41, 5.74) is 0.582. The number of cyclic esters (lactones) is 1. The van der Waals surface area contributed by atoms with Crippen LogP contribution in [-0.2, 0) is 9.53 Å². The van der Waals surface area contributed by atoms with Crippen LogP contribution >= 0.6 is 0 Å². The minimum atomic E-state index is -0.559.